The second-order valence-electron chi connectivity index (χ2n) is 5.56. The summed E-state index contributed by atoms with van der Waals surface area (Å²) in [4.78, 5) is 26.9. The van der Waals surface area contributed by atoms with E-state index in [0.717, 1.165) is 64.1 Å². The lowest BCUT2D eigenvalue weighted by molar-refractivity contribution is -0.131. The number of piperazine rings is 1. The molecular formula is C15H23N5O2. The number of morpholine rings is 1. The molecule has 2 fully saturated rings. The van der Waals surface area contributed by atoms with Gasteiger partial charge in [0.15, 0.2) is 0 Å². The van der Waals surface area contributed by atoms with Gasteiger partial charge >= 0.3 is 0 Å². The summed E-state index contributed by atoms with van der Waals surface area (Å²) in [6.45, 7) is 8.33. The van der Waals surface area contributed by atoms with Gasteiger partial charge in [-0.2, -0.15) is 0 Å². The van der Waals surface area contributed by atoms with Crippen molar-refractivity contribution < 1.29 is 9.53 Å². The summed E-state index contributed by atoms with van der Waals surface area (Å²) >= 11 is 0. The third-order valence-electron chi connectivity index (χ3n) is 4.23. The first kappa shape index (κ1) is 15.0. The smallest absolute Gasteiger partial charge is 0.222 e. The number of amides is 1. The molecule has 0 saturated carbocycles. The predicted molar refractivity (Wildman–Crippen MR) is 84.1 cm³/mol. The van der Waals surface area contributed by atoms with Crippen LogP contribution in [0.3, 0.4) is 0 Å². The second kappa shape index (κ2) is 6.91. The fourth-order valence-corrected chi connectivity index (χ4v) is 2.88. The molecule has 2 aliphatic heterocycles. The largest absolute Gasteiger partial charge is 0.378 e. The molecule has 1 aromatic heterocycles. The molecule has 2 aliphatic rings. The Morgan fingerprint density at radius 3 is 2.23 bits per heavy atom. The van der Waals surface area contributed by atoms with Crippen LogP contribution in [0.4, 0.5) is 11.6 Å². The molecule has 1 aromatic rings. The fraction of sp³-hybridized carbons (Fsp3) is 0.667. The standard InChI is InChI=1S/C15H23N5O2/c1-2-15(21)20-5-3-18(4-6-20)13-11-14(17-12-16-13)19-7-9-22-10-8-19/h11-12H,2-10H2,1H3. The van der Waals surface area contributed by atoms with Crippen LogP contribution in [0.25, 0.3) is 0 Å². The third kappa shape index (κ3) is 3.30. The molecule has 120 valence electrons. The van der Waals surface area contributed by atoms with Gasteiger partial charge in [-0.3, -0.25) is 4.79 Å². The van der Waals surface area contributed by atoms with Crippen LogP contribution >= 0.6 is 0 Å². The van der Waals surface area contributed by atoms with E-state index in [-0.39, 0.29) is 5.91 Å². The summed E-state index contributed by atoms with van der Waals surface area (Å²) in [6, 6.07) is 2.04. The van der Waals surface area contributed by atoms with Crippen molar-refractivity contribution in [2.24, 2.45) is 0 Å². The maximum Gasteiger partial charge on any atom is 0.222 e. The molecule has 0 atom stereocenters. The van der Waals surface area contributed by atoms with Gasteiger partial charge in [0.2, 0.25) is 5.91 Å². The average Bonchev–Trinajstić information content (AvgIpc) is 2.62. The number of carbonyl (C=O) groups excluding carboxylic acids is 1. The van der Waals surface area contributed by atoms with E-state index in [1.54, 1.807) is 6.33 Å². The van der Waals surface area contributed by atoms with Crippen molar-refractivity contribution in [3.05, 3.63) is 12.4 Å². The molecule has 0 spiro atoms. The highest BCUT2D eigenvalue weighted by atomic mass is 16.5. The van der Waals surface area contributed by atoms with Crippen molar-refractivity contribution in [3.8, 4) is 0 Å². The summed E-state index contributed by atoms with van der Waals surface area (Å²) in [5.74, 6) is 2.14. The molecule has 3 heterocycles. The van der Waals surface area contributed by atoms with Crippen LogP contribution in [0.1, 0.15) is 13.3 Å². The van der Waals surface area contributed by atoms with Gasteiger partial charge in [-0.05, 0) is 0 Å². The van der Waals surface area contributed by atoms with Crippen molar-refractivity contribution in [1.82, 2.24) is 14.9 Å². The average molecular weight is 305 g/mol. The number of anilines is 2. The molecule has 0 N–H and O–H groups in total. The Hall–Kier alpha value is -1.89. The minimum atomic E-state index is 0.233. The summed E-state index contributed by atoms with van der Waals surface area (Å²) in [6.07, 6.45) is 2.21. The third-order valence-corrected chi connectivity index (χ3v) is 4.23. The summed E-state index contributed by atoms with van der Waals surface area (Å²) in [5.41, 5.74) is 0. The number of rotatable bonds is 3. The number of hydrogen-bond acceptors (Lipinski definition) is 6. The molecule has 3 rings (SSSR count). The summed E-state index contributed by atoms with van der Waals surface area (Å²) < 4.78 is 5.38. The zero-order valence-electron chi connectivity index (χ0n) is 13.1. The first-order valence-electron chi connectivity index (χ1n) is 7.95. The number of nitrogens with zero attached hydrogens (tertiary/aromatic N) is 5. The Kier molecular flexibility index (Phi) is 4.72. The maximum absolute atomic E-state index is 11.7. The molecule has 0 aliphatic carbocycles. The van der Waals surface area contributed by atoms with Gasteiger partial charge in [0.05, 0.1) is 13.2 Å². The molecule has 7 nitrogen and oxygen atoms in total. The van der Waals surface area contributed by atoms with E-state index >= 15 is 0 Å². The molecule has 0 unspecified atom stereocenters. The Morgan fingerprint density at radius 2 is 1.64 bits per heavy atom. The van der Waals surface area contributed by atoms with Gasteiger partial charge in [0.1, 0.15) is 18.0 Å². The SMILES string of the molecule is CCC(=O)N1CCN(c2cc(N3CCOCC3)ncn2)CC1. The number of ether oxygens (including phenoxy) is 1. The highest BCUT2D eigenvalue weighted by Crippen LogP contribution is 2.19. The van der Waals surface area contributed by atoms with Crippen molar-refractivity contribution in [2.45, 2.75) is 13.3 Å². The zero-order chi connectivity index (χ0) is 15.4. The van der Waals surface area contributed by atoms with Crippen LogP contribution in [0.15, 0.2) is 12.4 Å². The van der Waals surface area contributed by atoms with Crippen molar-refractivity contribution in [2.75, 3.05) is 62.3 Å². The van der Waals surface area contributed by atoms with Crippen molar-refractivity contribution in [3.63, 3.8) is 0 Å². The Morgan fingerprint density at radius 1 is 1.05 bits per heavy atom. The highest BCUT2D eigenvalue weighted by Gasteiger charge is 2.22. The van der Waals surface area contributed by atoms with Crippen LogP contribution in [0.2, 0.25) is 0 Å². The number of hydrogen-bond donors (Lipinski definition) is 0. The number of carbonyl (C=O) groups is 1. The molecule has 0 bridgehead atoms. The second-order valence-corrected chi connectivity index (χ2v) is 5.56. The molecule has 0 radical (unpaired) electrons. The van der Waals surface area contributed by atoms with Crippen LogP contribution in [0.5, 0.6) is 0 Å². The van der Waals surface area contributed by atoms with Crippen LogP contribution in [-0.2, 0) is 9.53 Å². The van der Waals surface area contributed by atoms with E-state index in [0.29, 0.717) is 6.42 Å². The van der Waals surface area contributed by atoms with E-state index < -0.39 is 0 Å². The van der Waals surface area contributed by atoms with Gasteiger partial charge < -0.3 is 19.4 Å². The highest BCUT2D eigenvalue weighted by molar-refractivity contribution is 5.76. The Bertz CT molecular complexity index is 510. The minimum Gasteiger partial charge on any atom is -0.378 e. The minimum absolute atomic E-state index is 0.233. The van der Waals surface area contributed by atoms with Crippen molar-refractivity contribution >= 4 is 17.5 Å². The van der Waals surface area contributed by atoms with E-state index in [4.69, 9.17) is 4.74 Å². The molecule has 1 amide bonds. The first-order valence-corrected chi connectivity index (χ1v) is 7.95. The summed E-state index contributed by atoms with van der Waals surface area (Å²) in [5, 5.41) is 0. The summed E-state index contributed by atoms with van der Waals surface area (Å²) in [7, 11) is 0. The van der Waals surface area contributed by atoms with Gasteiger partial charge in [0, 0.05) is 51.8 Å². The van der Waals surface area contributed by atoms with Crippen molar-refractivity contribution in [1.29, 1.82) is 0 Å². The van der Waals surface area contributed by atoms with Gasteiger partial charge in [-0.1, -0.05) is 6.92 Å². The van der Waals surface area contributed by atoms with Crippen LogP contribution < -0.4 is 9.80 Å². The van der Waals surface area contributed by atoms with E-state index in [9.17, 15) is 4.79 Å². The monoisotopic (exact) mass is 305 g/mol. The molecule has 22 heavy (non-hydrogen) atoms. The van der Waals surface area contributed by atoms with Crippen LogP contribution in [0, 0.1) is 0 Å². The van der Waals surface area contributed by atoms with E-state index in [1.807, 2.05) is 17.9 Å². The molecule has 2 saturated heterocycles. The maximum atomic E-state index is 11.7. The van der Waals surface area contributed by atoms with Gasteiger partial charge in [0.25, 0.3) is 0 Å². The number of aromatic nitrogens is 2. The van der Waals surface area contributed by atoms with E-state index in [1.165, 1.54) is 0 Å². The lowest BCUT2D eigenvalue weighted by Crippen LogP contribution is -2.49. The molecule has 7 heteroatoms. The lowest BCUT2D eigenvalue weighted by Gasteiger charge is -2.35. The fourth-order valence-electron chi connectivity index (χ4n) is 2.88. The quantitative estimate of drug-likeness (QED) is 0.804. The normalized spacial score (nSPS) is 19.4. The molecule has 0 aromatic carbocycles. The van der Waals surface area contributed by atoms with Crippen LogP contribution in [-0.4, -0.2) is 73.3 Å². The van der Waals surface area contributed by atoms with Gasteiger partial charge in [-0.15, -0.1) is 0 Å². The predicted octanol–water partition coefficient (Wildman–Crippen LogP) is 0.372. The van der Waals surface area contributed by atoms with E-state index in [2.05, 4.69) is 19.8 Å². The Labute approximate surface area is 130 Å². The Balaban J connectivity index is 1.64. The zero-order valence-corrected chi connectivity index (χ0v) is 13.1. The lowest BCUT2D eigenvalue weighted by atomic mass is 10.3. The molecular weight excluding hydrogens is 282 g/mol. The first-order chi connectivity index (χ1) is 10.8. The topological polar surface area (TPSA) is 61.8 Å². The van der Waals surface area contributed by atoms with Gasteiger partial charge in [-0.25, -0.2) is 9.97 Å².